The van der Waals surface area contributed by atoms with Gasteiger partial charge in [0.05, 0.1) is 11.8 Å². The maximum atomic E-state index is 12.4. The number of rotatable bonds is 5. The average molecular weight is 348 g/mol. The molecule has 0 fully saturated rings. The second-order valence-corrected chi connectivity index (χ2v) is 7.93. The standard InChI is InChI=1S/C12H14ClN3O3S2/c1-7(2)19-10-9(5-4-6-14-10)16-21(17,18)11-8(3)15-12(13)20-11/h4-7,16H,1-3H3. The highest BCUT2D eigenvalue weighted by Crippen LogP contribution is 2.30. The zero-order valence-electron chi connectivity index (χ0n) is 11.6. The molecule has 0 aromatic carbocycles. The first-order valence-corrected chi connectivity index (χ1v) is 8.75. The van der Waals surface area contributed by atoms with Crippen molar-refractivity contribution >= 4 is 38.6 Å². The first kappa shape index (κ1) is 16.0. The highest BCUT2D eigenvalue weighted by atomic mass is 35.5. The molecule has 0 radical (unpaired) electrons. The molecule has 0 amide bonds. The molecule has 2 heterocycles. The Kier molecular flexibility index (Phi) is 4.70. The van der Waals surface area contributed by atoms with E-state index in [4.69, 9.17) is 16.3 Å². The van der Waals surface area contributed by atoms with E-state index >= 15 is 0 Å². The molecule has 2 aromatic rings. The molecule has 0 aliphatic heterocycles. The van der Waals surface area contributed by atoms with Crippen molar-refractivity contribution < 1.29 is 13.2 Å². The van der Waals surface area contributed by atoms with Gasteiger partial charge in [-0.25, -0.2) is 18.4 Å². The van der Waals surface area contributed by atoms with Gasteiger partial charge in [-0.3, -0.25) is 4.72 Å². The fourth-order valence-corrected chi connectivity index (χ4v) is 4.37. The number of hydrogen-bond donors (Lipinski definition) is 1. The van der Waals surface area contributed by atoms with Gasteiger partial charge < -0.3 is 4.74 Å². The molecule has 0 saturated heterocycles. The van der Waals surface area contributed by atoms with E-state index in [0.717, 1.165) is 11.3 Å². The van der Waals surface area contributed by atoms with Crippen LogP contribution in [0.1, 0.15) is 19.5 Å². The number of pyridine rings is 1. The summed E-state index contributed by atoms with van der Waals surface area (Å²) in [6, 6.07) is 3.21. The van der Waals surface area contributed by atoms with Crippen molar-refractivity contribution in [3.8, 4) is 5.88 Å². The topological polar surface area (TPSA) is 81.2 Å². The zero-order valence-corrected chi connectivity index (χ0v) is 14.0. The van der Waals surface area contributed by atoms with E-state index in [-0.39, 0.29) is 26.3 Å². The monoisotopic (exact) mass is 347 g/mol. The van der Waals surface area contributed by atoms with Crippen molar-refractivity contribution in [1.82, 2.24) is 9.97 Å². The second kappa shape index (κ2) is 6.17. The van der Waals surface area contributed by atoms with Gasteiger partial charge in [0, 0.05) is 6.20 Å². The molecule has 21 heavy (non-hydrogen) atoms. The molecular weight excluding hydrogens is 334 g/mol. The van der Waals surface area contributed by atoms with Crippen LogP contribution < -0.4 is 9.46 Å². The van der Waals surface area contributed by atoms with Crippen molar-refractivity contribution in [3.05, 3.63) is 28.5 Å². The third-order valence-electron chi connectivity index (χ3n) is 2.33. The van der Waals surface area contributed by atoms with Gasteiger partial charge in [-0.15, -0.1) is 0 Å². The van der Waals surface area contributed by atoms with Gasteiger partial charge in [0.1, 0.15) is 5.69 Å². The summed E-state index contributed by atoms with van der Waals surface area (Å²) >= 11 is 6.66. The quantitative estimate of drug-likeness (QED) is 0.898. The number of thiazole rings is 1. The number of aryl methyl sites for hydroxylation is 1. The first-order chi connectivity index (χ1) is 9.79. The predicted octanol–water partition coefficient (Wildman–Crippen LogP) is 3.09. The Morgan fingerprint density at radius 2 is 2.14 bits per heavy atom. The normalized spacial score (nSPS) is 11.7. The molecule has 2 rings (SSSR count). The highest BCUT2D eigenvalue weighted by Gasteiger charge is 2.23. The molecule has 0 atom stereocenters. The first-order valence-electron chi connectivity index (χ1n) is 6.07. The summed E-state index contributed by atoms with van der Waals surface area (Å²) in [7, 11) is -3.78. The highest BCUT2D eigenvalue weighted by molar-refractivity contribution is 7.94. The van der Waals surface area contributed by atoms with Crippen LogP contribution in [0.4, 0.5) is 5.69 Å². The average Bonchev–Trinajstić information content (AvgIpc) is 2.71. The maximum absolute atomic E-state index is 12.4. The van der Waals surface area contributed by atoms with Gasteiger partial charge in [-0.05, 0) is 32.9 Å². The molecule has 0 saturated carbocycles. The molecule has 0 unspecified atom stereocenters. The number of nitrogens with zero attached hydrogens (tertiary/aromatic N) is 2. The van der Waals surface area contributed by atoms with Crippen LogP contribution in [-0.4, -0.2) is 24.5 Å². The SMILES string of the molecule is Cc1nc(Cl)sc1S(=O)(=O)Nc1cccnc1OC(C)C. The lowest BCUT2D eigenvalue weighted by Crippen LogP contribution is -2.15. The molecule has 0 spiro atoms. The van der Waals surface area contributed by atoms with Crippen LogP contribution in [0.2, 0.25) is 4.47 Å². The number of anilines is 1. The van der Waals surface area contributed by atoms with Gasteiger partial charge in [-0.2, -0.15) is 0 Å². The van der Waals surface area contributed by atoms with E-state index in [1.54, 1.807) is 19.1 Å². The zero-order chi connectivity index (χ0) is 15.6. The molecule has 0 aliphatic carbocycles. The minimum absolute atomic E-state index is 0.0758. The maximum Gasteiger partial charge on any atom is 0.273 e. The largest absolute Gasteiger partial charge is 0.473 e. The molecule has 0 bridgehead atoms. The van der Waals surface area contributed by atoms with Crippen LogP contribution >= 0.6 is 22.9 Å². The Hall–Kier alpha value is -1.38. The number of hydrogen-bond acceptors (Lipinski definition) is 6. The fraction of sp³-hybridized carbons (Fsp3) is 0.333. The molecule has 114 valence electrons. The van der Waals surface area contributed by atoms with Crippen LogP contribution in [-0.2, 0) is 10.0 Å². The Balaban J connectivity index is 2.35. The van der Waals surface area contributed by atoms with Crippen molar-refractivity contribution in [2.45, 2.75) is 31.1 Å². The van der Waals surface area contributed by atoms with Crippen molar-refractivity contribution in [3.63, 3.8) is 0 Å². The molecule has 1 N–H and O–H groups in total. The minimum Gasteiger partial charge on any atom is -0.473 e. The lowest BCUT2D eigenvalue weighted by Gasteiger charge is -2.13. The summed E-state index contributed by atoms with van der Waals surface area (Å²) < 4.78 is 33.0. The van der Waals surface area contributed by atoms with Crippen molar-refractivity contribution in [2.75, 3.05) is 4.72 Å². The van der Waals surface area contributed by atoms with Gasteiger partial charge in [0.2, 0.25) is 5.88 Å². The number of ether oxygens (including phenoxy) is 1. The smallest absolute Gasteiger partial charge is 0.273 e. The Bertz CT molecular complexity index is 744. The lowest BCUT2D eigenvalue weighted by molar-refractivity contribution is 0.234. The number of halogens is 1. The van der Waals surface area contributed by atoms with Gasteiger partial charge in [0.25, 0.3) is 10.0 Å². The van der Waals surface area contributed by atoms with Crippen LogP contribution in [0.5, 0.6) is 5.88 Å². The summed E-state index contributed by atoms with van der Waals surface area (Å²) in [5, 5.41) is 0. The summed E-state index contributed by atoms with van der Waals surface area (Å²) in [6.45, 7) is 5.26. The Morgan fingerprint density at radius 3 is 2.71 bits per heavy atom. The Labute approximate surface area is 132 Å². The summed E-state index contributed by atoms with van der Waals surface area (Å²) in [4.78, 5) is 7.94. The van der Waals surface area contributed by atoms with E-state index < -0.39 is 10.0 Å². The second-order valence-electron chi connectivity index (χ2n) is 4.47. The lowest BCUT2D eigenvalue weighted by atomic mass is 10.4. The van der Waals surface area contributed by atoms with Crippen LogP contribution in [0, 0.1) is 6.92 Å². The van der Waals surface area contributed by atoms with Crippen LogP contribution in [0.3, 0.4) is 0 Å². The van der Waals surface area contributed by atoms with E-state index in [2.05, 4.69) is 14.7 Å². The summed E-state index contributed by atoms with van der Waals surface area (Å²) in [5.41, 5.74) is 0.628. The number of aromatic nitrogens is 2. The molecule has 2 aromatic heterocycles. The van der Waals surface area contributed by atoms with Gasteiger partial charge in [-0.1, -0.05) is 22.9 Å². The van der Waals surface area contributed by atoms with Crippen LogP contribution in [0.25, 0.3) is 0 Å². The fourth-order valence-electron chi connectivity index (χ4n) is 1.58. The number of sulfonamides is 1. The Morgan fingerprint density at radius 1 is 1.43 bits per heavy atom. The van der Waals surface area contributed by atoms with E-state index in [1.165, 1.54) is 6.20 Å². The van der Waals surface area contributed by atoms with E-state index in [0.29, 0.717) is 5.69 Å². The number of nitrogens with one attached hydrogen (secondary N) is 1. The van der Waals surface area contributed by atoms with E-state index in [9.17, 15) is 8.42 Å². The predicted molar refractivity (Wildman–Crippen MR) is 82.7 cm³/mol. The molecule has 6 nitrogen and oxygen atoms in total. The molecule has 9 heteroatoms. The van der Waals surface area contributed by atoms with Crippen molar-refractivity contribution in [2.24, 2.45) is 0 Å². The summed E-state index contributed by atoms with van der Waals surface area (Å²) in [5.74, 6) is 0.226. The molecular formula is C12H14ClN3O3S2. The third kappa shape index (κ3) is 3.84. The van der Waals surface area contributed by atoms with Crippen LogP contribution in [0.15, 0.2) is 22.5 Å². The van der Waals surface area contributed by atoms with Crippen molar-refractivity contribution in [1.29, 1.82) is 0 Å². The summed E-state index contributed by atoms with van der Waals surface area (Å²) in [6.07, 6.45) is 1.41. The van der Waals surface area contributed by atoms with Gasteiger partial charge in [0.15, 0.2) is 8.68 Å². The third-order valence-corrected chi connectivity index (χ3v) is 5.57. The van der Waals surface area contributed by atoms with E-state index in [1.807, 2.05) is 13.8 Å². The minimum atomic E-state index is -3.78. The van der Waals surface area contributed by atoms with Gasteiger partial charge >= 0.3 is 0 Å². The molecule has 0 aliphatic rings.